The van der Waals surface area contributed by atoms with E-state index in [4.69, 9.17) is 29.3 Å². The summed E-state index contributed by atoms with van der Waals surface area (Å²) in [5, 5.41) is 14.8. The van der Waals surface area contributed by atoms with Crippen LogP contribution in [0.4, 0.5) is 0 Å². The maximum Gasteiger partial charge on any atom is 0.414 e. The van der Waals surface area contributed by atoms with E-state index < -0.39 is 11.9 Å². The number of nitrogens with zero attached hydrogens (tertiary/aromatic N) is 2. The van der Waals surface area contributed by atoms with Gasteiger partial charge in [0.1, 0.15) is 11.5 Å². The van der Waals surface area contributed by atoms with Crippen molar-refractivity contribution >= 4 is 11.9 Å². The van der Waals surface area contributed by atoms with E-state index in [-0.39, 0.29) is 0 Å². The quantitative estimate of drug-likeness (QED) is 0.716. The number of hydrogen-bond acceptors (Lipinski definition) is 6. The number of rotatable bonds is 5. The SMILES string of the molecule is COc1ccc(OC)c(CN2CCN(C3CCCCC3)CC2)c1.O=C(O)C(=O)O. The van der Waals surface area contributed by atoms with Crippen LogP contribution in [0.25, 0.3) is 0 Å². The van der Waals surface area contributed by atoms with Gasteiger partial charge >= 0.3 is 11.9 Å². The van der Waals surface area contributed by atoms with Gasteiger partial charge in [-0.1, -0.05) is 19.3 Å². The third kappa shape index (κ3) is 7.21. The Morgan fingerprint density at radius 1 is 0.966 bits per heavy atom. The van der Waals surface area contributed by atoms with E-state index in [0.29, 0.717) is 0 Å². The zero-order valence-electron chi connectivity index (χ0n) is 17.3. The van der Waals surface area contributed by atoms with Gasteiger partial charge in [-0.25, -0.2) is 9.59 Å². The highest BCUT2D eigenvalue weighted by Crippen LogP contribution is 2.27. The molecule has 0 spiro atoms. The summed E-state index contributed by atoms with van der Waals surface area (Å²) in [7, 11) is 3.46. The van der Waals surface area contributed by atoms with Crippen LogP contribution in [-0.4, -0.2) is 78.4 Å². The topological polar surface area (TPSA) is 99.5 Å². The third-order valence-electron chi connectivity index (χ3n) is 5.56. The molecular formula is C21H32N2O6. The van der Waals surface area contributed by atoms with Crippen LogP contribution in [0.5, 0.6) is 11.5 Å². The smallest absolute Gasteiger partial charge is 0.414 e. The lowest BCUT2D eigenvalue weighted by Crippen LogP contribution is -2.50. The number of methoxy groups -OCH3 is 2. The van der Waals surface area contributed by atoms with Crippen LogP contribution in [0.2, 0.25) is 0 Å². The van der Waals surface area contributed by atoms with Crippen LogP contribution in [0.3, 0.4) is 0 Å². The van der Waals surface area contributed by atoms with Crippen molar-refractivity contribution in [1.82, 2.24) is 9.80 Å². The van der Waals surface area contributed by atoms with Gasteiger partial charge in [0.15, 0.2) is 0 Å². The largest absolute Gasteiger partial charge is 0.497 e. The van der Waals surface area contributed by atoms with Crippen molar-refractivity contribution in [1.29, 1.82) is 0 Å². The first-order chi connectivity index (χ1) is 13.9. The normalized spacial score (nSPS) is 18.4. The summed E-state index contributed by atoms with van der Waals surface area (Å²) in [6.45, 7) is 5.65. The molecule has 8 heteroatoms. The number of carboxylic acid groups (broad SMARTS) is 2. The molecular weight excluding hydrogens is 376 g/mol. The Hall–Kier alpha value is -2.32. The van der Waals surface area contributed by atoms with Crippen LogP contribution in [0.15, 0.2) is 18.2 Å². The van der Waals surface area contributed by atoms with E-state index in [0.717, 1.165) is 37.2 Å². The summed E-state index contributed by atoms with van der Waals surface area (Å²) >= 11 is 0. The predicted octanol–water partition coefficient (Wildman–Crippen LogP) is 2.31. The molecule has 1 saturated carbocycles. The van der Waals surface area contributed by atoms with Gasteiger partial charge in [0.05, 0.1) is 14.2 Å². The molecule has 8 nitrogen and oxygen atoms in total. The molecule has 1 aliphatic heterocycles. The van der Waals surface area contributed by atoms with Gasteiger partial charge in [0.25, 0.3) is 0 Å². The molecule has 0 aromatic heterocycles. The summed E-state index contributed by atoms with van der Waals surface area (Å²) in [6.07, 6.45) is 7.09. The van der Waals surface area contributed by atoms with Crippen molar-refractivity contribution in [3.8, 4) is 11.5 Å². The van der Waals surface area contributed by atoms with Crippen LogP contribution in [0, 0.1) is 0 Å². The van der Waals surface area contributed by atoms with Gasteiger partial charge in [-0.2, -0.15) is 0 Å². The van der Waals surface area contributed by atoms with Gasteiger partial charge in [-0.05, 0) is 31.0 Å². The number of aliphatic carboxylic acids is 2. The molecule has 0 radical (unpaired) electrons. The molecule has 0 atom stereocenters. The Morgan fingerprint density at radius 3 is 2.10 bits per heavy atom. The van der Waals surface area contributed by atoms with Crippen molar-refractivity contribution in [2.75, 3.05) is 40.4 Å². The summed E-state index contributed by atoms with van der Waals surface area (Å²) in [4.78, 5) is 23.5. The van der Waals surface area contributed by atoms with Crippen molar-refractivity contribution < 1.29 is 29.3 Å². The Balaban J connectivity index is 0.000000438. The minimum absolute atomic E-state index is 0.845. The highest BCUT2D eigenvalue weighted by Gasteiger charge is 2.25. The Morgan fingerprint density at radius 2 is 1.59 bits per heavy atom. The van der Waals surface area contributed by atoms with E-state index >= 15 is 0 Å². The number of piperazine rings is 1. The van der Waals surface area contributed by atoms with Crippen molar-refractivity contribution in [3.05, 3.63) is 23.8 Å². The minimum Gasteiger partial charge on any atom is -0.497 e. The summed E-state index contributed by atoms with van der Waals surface area (Å²) in [5.74, 6) is -1.79. The lowest BCUT2D eigenvalue weighted by Gasteiger charge is -2.40. The molecule has 1 heterocycles. The maximum atomic E-state index is 9.10. The van der Waals surface area contributed by atoms with Gasteiger partial charge in [0.2, 0.25) is 0 Å². The molecule has 162 valence electrons. The van der Waals surface area contributed by atoms with Gasteiger partial charge in [-0.15, -0.1) is 0 Å². The maximum absolute atomic E-state index is 9.10. The molecule has 2 N–H and O–H groups in total. The van der Waals surface area contributed by atoms with Crippen LogP contribution < -0.4 is 9.47 Å². The Kier molecular flexibility index (Phi) is 9.21. The third-order valence-corrected chi connectivity index (χ3v) is 5.56. The van der Waals surface area contributed by atoms with Gasteiger partial charge < -0.3 is 19.7 Å². The fraction of sp³-hybridized carbons (Fsp3) is 0.619. The van der Waals surface area contributed by atoms with E-state index in [9.17, 15) is 0 Å². The highest BCUT2D eigenvalue weighted by molar-refractivity contribution is 6.27. The summed E-state index contributed by atoms with van der Waals surface area (Å²) in [5.41, 5.74) is 1.22. The molecule has 2 aliphatic rings. The minimum atomic E-state index is -1.82. The van der Waals surface area contributed by atoms with Crippen LogP contribution in [-0.2, 0) is 16.1 Å². The molecule has 0 unspecified atom stereocenters. The lowest BCUT2D eigenvalue weighted by atomic mass is 9.94. The average Bonchev–Trinajstić information content (AvgIpc) is 2.75. The zero-order chi connectivity index (χ0) is 21.2. The number of benzene rings is 1. The number of hydrogen-bond donors (Lipinski definition) is 2. The summed E-state index contributed by atoms with van der Waals surface area (Å²) in [6, 6.07) is 6.92. The first kappa shape index (κ1) is 23.0. The first-order valence-electron chi connectivity index (χ1n) is 10.1. The van der Waals surface area contributed by atoms with Gasteiger partial charge in [0, 0.05) is 44.3 Å². The van der Waals surface area contributed by atoms with Crippen LogP contribution in [0.1, 0.15) is 37.7 Å². The van der Waals surface area contributed by atoms with E-state index in [1.54, 1.807) is 14.2 Å². The van der Waals surface area contributed by atoms with E-state index in [1.165, 1.54) is 50.8 Å². The first-order valence-corrected chi connectivity index (χ1v) is 10.1. The number of carboxylic acids is 2. The fourth-order valence-corrected chi connectivity index (χ4v) is 3.98. The molecule has 1 saturated heterocycles. The molecule has 3 rings (SSSR count). The standard InChI is InChI=1S/C19H30N2O2.C2H2O4/c1-22-18-8-9-19(23-2)16(14-18)15-20-10-12-21(13-11-20)17-6-4-3-5-7-17;3-1(4)2(5)6/h8-9,14,17H,3-7,10-13,15H2,1-2H3;(H,3,4)(H,5,6). The Bertz CT molecular complexity index is 655. The predicted molar refractivity (Wildman–Crippen MR) is 109 cm³/mol. The van der Waals surface area contributed by atoms with Crippen molar-refractivity contribution in [3.63, 3.8) is 0 Å². The second kappa shape index (κ2) is 11.6. The van der Waals surface area contributed by atoms with Crippen LogP contribution >= 0.6 is 0 Å². The fourth-order valence-electron chi connectivity index (χ4n) is 3.98. The summed E-state index contributed by atoms with van der Waals surface area (Å²) < 4.78 is 10.9. The molecule has 29 heavy (non-hydrogen) atoms. The molecule has 0 bridgehead atoms. The lowest BCUT2D eigenvalue weighted by molar-refractivity contribution is -0.159. The molecule has 2 fully saturated rings. The van der Waals surface area contributed by atoms with Gasteiger partial charge in [-0.3, -0.25) is 9.80 Å². The molecule has 1 aliphatic carbocycles. The second-order valence-corrected chi connectivity index (χ2v) is 7.39. The van der Waals surface area contributed by atoms with Crippen molar-refractivity contribution in [2.45, 2.75) is 44.7 Å². The second-order valence-electron chi connectivity index (χ2n) is 7.39. The van der Waals surface area contributed by atoms with E-state index in [1.807, 2.05) is 12.1 Å². The molecule has 0 amide bonds. The number of ether oxygens (including phenoxy) is 2. The zero-order valence-corrected chi connectivity index (χ0v) is 17.3. The highest BCUT2D eigenvalue weighted by atomic mass is 16.5. The van der Waals surface area contributed by atoms with E-state index in [2.05, 4.69) is 15.9 Å². The number of carbonyl (C=O) groups is 2. The van der Waals surface area contributed by atoms with Crippen molar-refractivity contribution in [2.24, 2.45) is 0 Å². The Labute approximate surface area is 172 Å². The molecule has 1 aromatic rings. The molecule has 1 aromatic carbocycles. The monoisotopic (exact) mass is 408 g/mol. The average molecular weight is 408 g/mol.